The molecule has 2 heteroatoms. The molecule has 1 aromatic carbocycles. The van der Waals surface area contributed by atoms with Crippen molar-refractivity contribution in [3.8, 4) is 5.75 Å². The minimum Gasteiger partial charge on any atom is -0.497 e. The van der Waals surface area contributed by atoms with Gasteiger partial charge in [0.25, 0.3) is 0 Å². The summed E-state index contributed by atoms with van der Waals surface area (Å²) in [6.07, 6.45) is 6.86. The van der Waals surface area contributed by atoms with E-state index in [1.807, 2.05) is 0 Å². The topological polar surface area (TPSA) is 21.3 Å². The van der Waals surface area contributed by atoms with Crippen LogP contribution in [0.2, 0.25) is 0 Å². The number of benzene rings is 1. The third kappa shape index (κ3) is 5.03. The fourth-order valence-corrected chi connectivity index (χ4v) is 3.67. The van der Waals surface area contributed by atoms with Crippen LogP contribution in [0, 0.1) is 11.8 Å². The van der Waals surface area contributed by atoms with Crippen LogP contribution in [0.3, 0.4) is 0 Å². The van der Waals surface area contributed by atoms with Crippen LogP contribution in [-0.2, 0) is 0 Å². The third-order valence-electron chi connectivity index (χ3n) is 4.69. The van der Waals surface area contributed by atoms with Crippen molar-refractivity contribution in [2.75, 3.05) is 7.11 Å². The highest BCUT2D eigenvalue weighted by Gasteiger charge is 2.23. The van der Waals surface area contributed by atoms with E-state index in [1.54, 1.807) is 7.11 Å². The summed E-state index contributed by atoms with van der Waals surface area (Å²) in [5, 5.41) is 3.83. The second kappa shape index (κ2) is 7.84. The molecule has 3 atom stereocenters. The van der Waals surface area contributed by atoms with Crippen LogP contribution >= 0.6 is 0 Å². The summed E-state index contributed by atoms with van der Waals surface area (Å²) in [5.41, 5.74) is 1.35. The molecule has 21 heavy (non-hydrogen) atoms. The quantitative estimate of drug-likeness (QED) is 0.800. The van der Waals surface area contributed by atoms with Gasteiger partial charge in [-0.25, -0.2) is 0 Å². The van der Waals surface area contributed by atoms with E-state index < -0.39 is 0 Å². The van der Waals surface area contributed by atoms with Crippen LogP contribution in [-0.4, -0.2) is 13.2 Å². The summed E-state index contributed by atoms with van der Waals surface area (Å²) < 4.78 is 5.23. The highest BCUT2D eigenvalue weighted by molar-refractivity contribution is 5.28. The first-order chi connectivity index (χ1) is 10.1. The summed E-state index contributed by atoms with van der Waals surface area (Å²) in [6.45, 7) is 6.96. The zero-order valence-corrected chi connectivity index (χ0v) is 14.1. The van der Waals surface area contributed by atoms with Crippen LogP contribution in [0.25, 0.3) is 0 Å². The smallest absolute Gasteiger partial charge is 0.118 e. The molecule has 0 amide bonds. The number of hydrogen-bond donors (Lipinski definition) is 1. The average Bonchev–Trinajstić information content (AvgIpc) is 2.47. The molecule has 0 radical (unpaired) electrons. The fraction of sp³-hybridized carbons (Fsp3) is 0.684. The van der Waals surface area contributed by atoms with Gasteiger partial charge in [-0.2, -0.15) is 0 Å². The maximum atomic E-state index is 5.23. The van der Waals surface area contributed by atoms with Gasteiger partial charge in [0.15, 0.2) is 0 Å². The van der Waals surface area contributed by atoms with Gasteiger partial charge in [0.05, 0.1) is 7.11 Å². The minimum absolute atomic E-state index is 0.415. The van der Waals surface area contributed by atoms with Gasteiger partial charge in [-0.1, -0.05) is 38.8 Å². The lowest BCUT2D eigenvalue weighted by molar-refractivity contribution is 0.242. The Kier molecular flexibility index (Phi) is 6.10. The third-order valence-corrected chi connectivity index (χ3v) is 4.69. The summed E-state index contributed by atoms with van der Waals surface area (Å²) >= 11 is 0. The molecule has 2 rings (SSSR count). The van der Waals surface area contributed by atoms with E-state index in [-0.39, 0.29) is 0 Å². The van der Waals surface area contributed by atoms with Crippen molar-refractivity contribution >= 4 is 0 Å². The van der Waals surface area contributed by atoms with Gasteiger partial charge in [0.2, 0.25) is 0 Å². The van der Waals surface area contributed by atoms with E-state index in [4.69, 9.17) is 4.74 Å². The highest BCUT2D eigenvalue weighted by atomic mass is 16.5. The molecule has 0 spiro atoms. The number of ether oxygens (including phenoxy) is 1. The van der Waals surface area contributed by atoms with E-state index in [1.165, 1.54) is 37.7 Å². The molecule has 2 unspecified atom stereocenters. The summed E-state index contributed by atoms with van der Waals surface area (Å²) in [5.74, 6) is 2.67. The lowest BCUT2D eigenvalue weighted by atomic mass is 9.81. The molecule has 1 N–H and O–H groups in total. The standard InChI is InChI=1S/C19H31NO/c1-14(2)12-16-6-5-7-18(13-16)20-15(3)17-8-10-19(21-4)11-9-17/h8-11,14-16,18,20H,5-7,12-13H2,1-4H3/t15-,16?,18?/m1/s1. The van der Waals surface area contributed by atoms with Crippen molar-refractivity contribution < 1.29 is 4.74 Å². The van der Waals surface area contributed by atoms with Crippen molar-refractivity contribution in [3.63, 3.8) is 0 Å². The molecule has 1 fully saturated rings. The maximum Gasteiger partial charge on any atom is 0.118 e. The predicted octanol–water partition coefficient (Wildman–Crippen LogP) is 4.95. The van der Waals surface area contributed by atoms with Gasteiger partial charge in [0.1, 0.15) is 5.75 Å². The molecular weight excluding hydrogens is 258 g/mol. The Morgan fingerprint density at radius 3 is 2.48 bits per heavy atom. The van der Waals surface area contributed by atoms with Crippen LogP contribution < -0.4 is 10.1 Å². The second-order valence-electron chi connectivity index (χ2n) is 7.02. The average molecular weight is 289 g/mol. The van der Waals surface area contributed by atoms with Crippen LogP contribution in [0.15, 0.2) is 24.3 Å². The highest BCUT2D eigenvalue weighted by Crippen LogP contribution is 2.30. The number of methoxy groups -OCH3 is 1. The lowest BCUT2D eigenvalue weighted by Gasteiger charge is -2.33. The Balaban J connectivity index is 1.87. The molecule has 118 valence electrons. The predicted molar refractivity (Wildman–Crippen MR) is 89.7 cm³/mol. The van der Waals surface area contributed by atoms with Crippen LogP contribution in [0.1, 0.15) is 64.5 Å². The lowest BCUT2D eigenvalue weighted by Crippen LogP contribution is -2.36. The second-order valence-corrected chi connectivity index (χ2v) is 7.02. The summed E-state index contributed by atoms with van der Waals surface area (Å²) in [6, 6.07) is 9.54. The molecule has 1 aromatic rings. The zero-order chi connectivity index (χ0) is 15.2. The Bertz CT molecular complexity index is 412. The number of hydrogen-bond acceptors (Lipinski definition) is 2. The Labute approximate surface area is 130 Å². The van der Waals surface area contributed by atoms with Gasteiger partial charge in [-0.05, 0) is 55.7 Å². The van der Waals surface area contributed by atoms with E-state index in [0.717, 1.165) is 17.6 Å². The largest absolute Gasteiger partial charge is 0.497 e. The van der Waals surface area contributed by atoms with E-state index in [2.05, 4.69) is 50.4 Å². The summed E-state index contributed by atoms with van der Waals surface area (Å²) in [7, 11) is 1.72. The summed E-state index contributed by atoms with van der Waals surface area (Å²) in [4.78, 5) is 0. The normalized spacial score (nSPS) is 24.0. The van der Waals surface area contributed by atoms with Crippen LogP contribution in [0.5, 0.6) is 5.75 Å². The van der Waals surface area contributed by atoms with E-state index >= 15 is 0 Å². The van der Waals surface area contributed by atoms with Gasteiger partial charge in [-0.3, -0.25) is 0 Å². The first kappa shape index (κ1) is 16.4. The van der Waals surface area contributed by atoms with Gasteiger partial charge in [0, 0.05) is 12.1 Å². The molecule has 1 saturated carbocycles. The van der Waals surface area contributed by atoms with E-state index in [0.29, 0.717) is 12.1 Å². The molecular formula is C19H31NO. The molecule has 1 aliphatic rings. The fourth-order valence-electron chi connectivity index (χ4n) is 3.67. The van der Waals surface area contributed by atoms with Gasteiger partial charge >= 0.3 is 0 Å². The van der Waals surface area contributed by atoms with Crippen molar-refractivity contribution in [1.29, 1.82) is 0 Å². The number of rotatable bonds is 6. The first-order valence-corrected chi connectivity index (χ1v) is 8.48. The zero-order valence-electron chi connectivity index (χ0n) is 14.1. The van der Waals surface area contributed by atoms with Crippen molar-refractivity contribution in [3.05, 3.63) is 29.8 Å². The molecule has 0 heterocycles. The first-order valence-electron chi connectivity index (χ1n) is 8.48. The van der Waals surface area contributed by atoms with E-state index in [9.17, 15) is 0 Å². The molecule has 0 bridgehead atoms. The van der Waals surface area contributed by atoms with Crippen molar-refractivity contribution in [1.82, 2.24) is 5.32 Å². The molecule has 0 saturated heterocycles. The van der Waals surface area contributed by atoms with Crippen molar-refractivity contribution in [2.24, 2.45) is 11.8 Å². The van der Waals surface area contributed by atoms with Crippen molar-refractivity contribution in [2.45, 2.75) is 65.0 Å². The Morgan fingerprint density at radius 1 is 1.14 bits per heavy atom. The van der Waals surface area contributed by atoms with Gasteiger partial charge in [-0.15, -0.1) is 0 Å². The minimum atomic E-state index is 0.415. The molecule has 2 nitrogen and oxygen atoms in total. The number of nitrogens with one attached hydrogen (secondary N) is 1. The monoisotopic (exact) mass is 289 g/mol. The van der Waals surface area contributed by atoms with Gasteiger partial charge < -0.3 is 10.1 Å². The molecule has 0 aromatic heterocycles. The Hall–Kier alpha value is -1.02. The van der Waals surface area contributed by atoms with Crippen LogP contribution in [0.4, 0.5) is 0 Å². The SMILES string of the molecule is COc1ccc([C@@H](C)NC2CCCC(CC(C)C)C2)cc1. The maximum absolute atomic E-state index is 5.23. The molecule has 1 aliphatic carbocycles. The molecule has 0 aliphatic heterocycles. The Morgan fingerprint density at radius 2 is 1.86 bits per heavy atom.